The van der Waals surface area contributed by atoms with Crippen LogP contribution in [-0.4, -0.2) is 119 Å². The van der Waals surface area contributed by atoms with Crippen LogP contribution in [0.2, 0.25) is 0 Å². The third-order valence-electron chi connectivity index (χ3n) is 5.83. The molecule has 0 amide bonds. The van der Waals surface area contributed by atoms with Crippen molar-refractivity contribution in [1.82, 2.24) is 29.5 Å². The largest absolute Gasteiger partial charge is 0.354 e. The van der Waals surface area contributed by atoms with Crippen LogP contribution < -0.4 is 20.3 Å². The SMILES string of the molecule is CN(C)c1nc(NCCCN2CCN(CCCNS(C)(=O)=O)CC2)nc(Nc2cccc(S(=O)(=O)O)c2)n1. The standard InChI is InChI=1S/C22H37N9O5S2/c1-29(2)22-27-20(26-21(28-22)25-18-7-4-8-19(17-18)38(34,35)36)23-9-5-11-30-13-15-31(16-14-30)12-6-10-24-37(3,32)33/h4,7-8,17,24H,5-6,9-16H2,1-3H3,(H,34,35,36)(H2,23,25,26,27,28). The summed E-state index contributed by atoms with van der Waals surface area (Å²) in [6.07, 6.45) is 2.86. The Labute approximate surface area is 224 Å². The van der Waals surface area contributed by atoms with Crippen molar-refractivity contribution in [3.05, 3.63) is 24.3 Å². The van der Waals surface area contributed by atoms with Gasteiger partial charge < -0.3 is 25.3 Å². The molecule has 2 aromatic rings. The predicted octanol–water partition coefficient (Wildman–Crippen LogP) is 0.287. The molecule has 1 fully saturated rings. The van der Waals surface area contributed by atoms with Crippen LogP contribution in [0.25, 0.3) is 0 Å². The number of benzene rings is 1. The van der Waals surface area contributed by atoms with E-state index in [0.29, 0.717) is 30.7 Å². The second-order valence-corrected chi connectivity index (χ2v) is 12.5. The van der Waals surface area contributed by atoms with Gasteiger partial charge in [-0.3, -0.25) is 4.55 Å². The average Bonchev–Trinajstić information content (AvgIpc) is 2.84. The molecule has 0 atom stereocenters. The van der Waals surface area contributed by atoms with E-state index in [9.17, 15) is 21.4 Å². The molecular formula is C22H37N9O5S2. The third-order valence-corrected chi connectivity index (χ3v) is 7.40. The zero-order valence-electron chi connectivity index (χ0n) is 22.0. The molecule has 1 aromatic carbocycles. The van der Waals surface area contributed by atoms with Gasteiger partial charge in [-0.05, 0) is 44.1 Å². The van der Waals surface area contributed by atoms with Crippen LogP contribution in [-0.2, 0) is 20.1 Å². The van der Waals surface area contributed by atoms with Gasteiger partial charge in [-0.2, -0.15) is 23.4 Å². The van der Waals surface area contributed by atoms with E-state index in [-0.39, 0.29) is 10.8 Å². The molecule has 3 rings (SSSR count). The number of hydrogen-bond donors (Lipinski definition) is 4. The smallest absolute Gasteiger partial charge is 0.294 e. The van der Waals surface area contributed by atoms with Crippen LogP contribution >= 0.6 is 0 Å². The fraction of sp³-hybridized carbons (Fsp3) is 0.591. The highest BCUT2D eigenvalue weighted by molar-refractivity contribution is 7.88. The van der Waals surface area contributed by atoms with Gasteiger partial charge >= 0.3 is 0 Å². The molecule has 1 aliphatic heterocycles. The normalized spacial score (nSPS) is 15.4. The summed E-state index contributed by atoms with van der Waals surface area (Å²) < 4.78 is 57.0. The first-order chi connectivity index (χ1) is 17.9. The lowest BCUT2D eigenvalue weighted by Crippen LogP contribution is -2.47. The van der Waals surface area contributed by atoms with E-state index in [0.717, 1.165) is 52.1 Å². The van der Waals surface area contributed by atoms with Crippen molar-refractivity contribution in [3.8, 4) is 0 Å². The minimum atomic E-state index is -4.33. The summed E-state index contributed by atoms with van der Waals surface area (Å²) in [5.74, 6) is 1.06. The fourth-order valence-corrected chi connectivity index (χ4v) is 4.90. The van der Waals surface area contributed by atoms with Crippen LogP contribution in [0.3, 0.4) is 0 Å². The molecule has 2 heterocycles. The zero-order valence-corrected chi connectivity index (χ0v) is 23.6. The number of nitrogens with zero attached hydrogens (tertiary/aromatic N) is 6. The minimum absolute atomic E-state index is 0.229. The third kappa shape index (κ3) is 10.3. The molecular weight excluding hydrogens is 534 g/mol. The van der Waals surface area contributed by atoms with Gasteiger partial charge in [0.05, 0.1) is 11.2 Å². The molecule has 0 saturated carbocycles. The van der Waals surface area contributed by atoms with E-state index < -0.39 is 20.1 Å². The molecule has 0 bridgehead atoms. The maximum Gasteiger partial charge on any atom is 0.294 e. The number of piperazine rings is 1. The van der Waals surface area contributed by atoms with Gasteiger partial charge in [0.1, 0.15) is 0 Å². The Bertz CT molecular complexity index is 1270. The monoisotopic (exact) mass is 571 g/mol. The lowest BCUT2D eigenvalue weighted by Gasteiger charge is -2.34. The lowest BCUT2D eigenvalue weighted by atomic mass is 10.2. The Morgan fingerprint density at radius 2 is 1.53 bits per heavy atom. The van der Waals surface area contributed by atoms with Crippen LogP contribution in [0, 0.1) is 0 Å². The van der Waals surface area contributed by atoms with Crippen LogP contribution in [0.1, 0.15) is 12.8 Å². The minimum Gasteiger partial charge on any atom is -0.354 e. The summed E-state index contributed by atoms with van der Waals surface area (Å²) in [4.78, 5) is 19.5. The summed E-state index contributed by atoms with van der Waals surface area (Å²) >= 11 is 0. The molecule has 1 aliphatic rings. The number of rotatable bonds is 14. The maximum absolute atomic E-state index is 11.4. The molecule has 1 aromatic heterocycles. The highest BCUT2D eigenvalue weighted by atomic mass is 32.2. The Morgan fingerprint density at radius 1 is 0.921 bits per heavy atom. The molecule has 0 spiro atoms. The van der Waals surface area contributed by atoms with Gasteiger partial charge in [0.2, 0.25) is 27.9 Å². The molecule has 0 radical (unpaired) electrons. The first-order valence-corrected chi connectivity index (χ1v) is 15.6. The van der Waals surface area contributed by atoms with Crippen molar-refractivity contribution < 1.29 is 21.4 Å². The van der Waals surface area contributed by atoms with E-state index in [1.807, 2.05) is 14.1 Å². The number of aromatic nitrogens is 3. The quantitative estimate of drug-likeness (QED) is 0.180. The van der Waals surface area contributed by atoms with Crippen molar-refractivity contribution in [2.75, 3.05) is 88.2 Å². The average molecular weight is 572 g/mol. The Hall–Kier alpha value is -2.63. The first kappa shape index (κ1) is 29.9. The van der Waals surface area contributed by atoms with E-state index in [4.69, 9.17) is 0 Å². The van der Waals surface area contributed by atoms with Gasteiger partial charge in [0.15, 0.2) is 0 Å². The number of nitrogens with one attached hydrogen (secondary N) is 3. The summed E-state index contributed by atoms with van der Waals surface area (Å²) in [7, 11) is -3.84. The first-order valence-electron chi connectivity index (χ1n) is 12.3. The summed E-state index contributed by atoms with van der Waals surface area (Å²) in [5, 5.41) is 6.21. The Balaban J connectivity index is 1.46. The topological polar surface area (TPSA) is 173 Å². The molecule has 0 unspecified atom stereocenters. The van der Waals surface area contributed by atoms with E-state index in [2.05, 4.69) is 40.1 Å². The van der Waals surface area contributed by atoms with Crippen LogP contribution in [0.15, 0.2) is 29.2 Å². The number of sulfonamides is 1. The number of anilines is 4. The van der Waals surface area contributed by atoms with Crippen molar-refractivity contribution >= 4 is 43.7 Å². The van der Waals surface area contributed by atoms with Gasteiger partial charge in [-0.25, -0.2) is 13.1 Å². The zero-order chi connectivity index (χ0) is 27.8. The Morgan fingerprint density at radius 3 is 2.11 bits per heavy atom. The highest BCUT2D eigenvalue weighted by Crippen LogP contribution is 2.20. The van der Waals surface area contributed by atoms with E-state index >= 15 is 0 Å². The van der Waals surface area contributed by atoms with E-state index in [1.165, 1.54) is 24.5 Å². The summed E-state index contributed by atoms with van der Waals surface area (Å²) in [6.45, 7) is 6.77. The van der Waals surface area contributed by atoms with Gasteiger partial charge in [-0.1, -0.05) is 6.07 Å². The molecule has 16 heteroatoms. The molecule has 212 valence electrons. The highest BCUT2D eigenvalue weighted by Gasteiger charge is 2.16. The van der Waals surface area contributed by atoms with Crippen LogP contribution in [0.4, 0.5) is 23.5 Å². The second-order valence-electron chi connectivity index (χ2n) is 9.29. The van der Waals surface area contributed by atoms with Crippen molar-refractivity contribution in [2.24, 2.45) is 0 Å². The predicted molar refractivity (Wildman–Crippen MR) is 147 cm³/mol. The van der Waals surface area contributed by atoms with Crippen molar-refractivity contribution in [1.29, 1.82) is 0 Å². The van der Waals surface area contributed by atoms with Crippen LogP contribution in [0.5, 0.6) is 0 Å². The Kier molecular flexibility index (Phi) is 10.6. The molecule has 14 nitrogen and oxygen atoms in total. The van der Waals surface area contributed by atoms with Crippen molar-refractivity contribution in [2.45, 2.75) is 17.7 Å². The molecule has 0 aliphatic carbocycles. The lowest BCUT2D eigenvalue weighted by molar-refractivity contribution is 0.131. The number of hydrogen-bond acceptors (Lipinski definition) is 12. The summed E-state index contributed by atoms with van der Waals surface area (Å²) in [6, 6.07) is 5.75. The second kappa shape index (κ2) is 13.4. The van der Waals surface area contributed by atoms with E-state index in [1.54, 1.807) is 11.0 Å². The van der Waals surface area contributed by atoms with Gasteiger partial charge in [0, 0.05) is 59.1 Å². The maximum atomic E-state index is 11.4. The molecule has 1 saturated heterocycles. The summed E-state index contributed by atoms with van der Waals surface area (Å²) in [5.41, 5.74) is 0.410. The molecule has 4 N–H and O–H groups in total. The van der Waals surface area contributed by atoms with Crippen molar-refractivity contribution in [3.63, 3.8) is 0 Å². The van der Waals surface area contributed by atoms with Gasteiger partial charge in [0.25, 0.3) is 10.1 Å². The van der Waals surface area contributed by atoms with Gasteiger partial charge in [-0.15, -0.1) is 0 Å². The fourth-order valence-electron chi connectivity index (χ4n) is 3.86. The molecule has 38 heavy (non-hydrogen) atoms.